The Balaban J connectivity index is 1.16. The summed E-state index contributed by atoms with van der Waals surface area (Å²) in [7, 11) is 0. The molecule has 0 radical (unpaired) electrons. The van der Waals surface area contributed by atoms with E-state index in [1.54, 1.807) is 0 Å². The Morgan fingerprint density at radius 2 is 0.950 bits per heavy atom. The van der Waals surface area contributed by atoms with E-state index in [9.17, 15) is 0 Å². The van der Waals surface area contributed by atoms with Crippen molar-refractivity contribution in [2.75, 3.05) is 0 Å². The SMILES string of the molecule is c1ccc(-c2nc(-c3ccccc3)nc(-c3ccc(-n4c5cc6ccccc6cc5c5c(-c6ccccc6)cccc54)cc3-c3ccc4oc5ccccc5c4c3)n2)cc1. The molecular weight excluding hydrogens is 733 g/mol. The molecule has 5 nitrogen and oxygen atoms in total. The van der Waals surface area contributed by atoms with E-state index in [0.717, 1.165) is 66.5 Å². The van der Waals surface area contributed by atoms with Crippen LogP contribution in [0.4, 0.5) is 0 Å². The van der Waals surface area contributed by atoms with Crippen LogP contribution in [0, 0.1) is 0 Å². The van der Waals surface area contributed by atoms with Crippen molar-refractivity contribution < 1.29 is 4.42 Å². The number of hydrogen-bond acceptors (Lipinski definition) is 4. The first-order chi connectivity index (χ1) is 29.7. The summed E-state index contributed by atoms with van der Waals surface area (Å²) in [5.41, 5.74) is 12.2. The van der Waals surface area contributed by atoms with Crippen molar-refractivity contribution in [3.63, 3.8) is 0 Å². The topological polar surface area (TPSA) is 56.7 Å². The second kappa shape index (κ2) is 13.8. The maximum atomic E-state index is 6.31. The third kappa shape index (κ3) is 5.59. The van der Waals surface area contributed by atoms with Crippen LogP contribution < -0.4 is 0 Å². The lowest BCUT2D eigenvalue weighted by molar-refractivity contribution is 0.669. The summed E-state index contributed by atoms with van der Waals surface area (Å²) in [4.78, 5) is 15.4. The zero-order chi connectivity index (χ0) is 39.6. The van der Waals surface area contributed by atoms with Crippen LogP contribution in [0.2, 0.25) is 0 Å². The van der Waals surface area contributed by atoms with Crippen molar-refractivity contribution in [2.24, 2.45) is 0 Å². The van der Waals surface area contributed by atoms with E-state index in [1.165, 1.54) is 32.7 Å². The highest BCUT2D eigenvalue weighted by atomic mass is 16.3. The van der Waals surface area contributed by atoms with Gasteiger partial charge in [0.15, 0.2) is 17.5 Å². The first-order valence-electron chi connectivity index (χ1n) is 20.2. The molecule has 0 bridgehead atoms. The molecule has 0 unspecified atom stereocenters. The second-order valence-electron chi connectivity index (χ2n) is 15.2. The number of rotatable bonds is 6. The molecule has 0 aliphatic rings. The third-order valence-electron chi connectivity index (χ3n) is 11.6. The van der Waals surface area contributed by atoms with Crippen LogP contribution in [0.1, 0.15) is 0 Å². The molecule has 5 heteroatoms. The minimum atomic E-state index is 0.598. The molecule has 12 rings (SSSR count). The fourth-order valence-electron chi connectivity index (χ4n) is 8.82. The zero-order valence-electron chi connectivity index (χ0n) is 32.3. The molecule has 0 saturated heterocycles. The first kappa shape index (κ1) is 33.9. The van der Waals surface area contributed by atoms with Gasteiger partial charge in [-0.1, -0.05) is 152 Å². The molecule has 3 aromatic heterocycles. The van der Waals surface area contributed by atoms with E-state index in [2.05, 4.69) is 138 Å². The molecule has 0 aliphatic heterocycles. The van der Waals surface area contributed by atoms with Crippen LogP contribution in [0.3, 0.4) is 0 Å². The average Bonchev–Trinajstić information content (AvgIpc) is 3.86. The fourth-order valence-corrected chi connectivity index (χ4v) is 8.82. The van der Waals surface area contributed by atoms with Gasteiger partial charge in [0.25, 0.3) is 0 Å². The largest absolute Gasteiger partial charge is 0.456 e. The highest BCUT2D eigenvalue weighted by Crippen LogP contribution is 2.43. The molecule has 3 heterocycles. The summed E-state index contributed by atoms with van der Waals surface area (Å²) in [5, 5.41) is 6.96. The fraction of sp³-hybridized carbons (Fsp3) is 0. The molecule has 0 N–H and O–H groups in total. The van der Waals surface area contributed by atoms with Gasteiger partial charge in [0.1, 0.15) is 11.2 Å². The number of aromatic nitrogens is 4. The average molecular weight is 767 g/mol. The summed E-state index contributed by atoms with van der Waals surface area (Å²) >= 11 is 0. The van der Waals surface area contributed by atoms with Gasteiger partial charge >= 0.3 is 0 Å². The van der Waals surface area contributed by atoms with Gasteiger partial charge in [-0.15, -0.1) is 0 Å². The third-order valence-corrected chi connectivity index (χ3v) is 11.6. The standard InChI is InChI=1S/C55H34N4O/c1-4-15-35(16-5-1)42-24-14-25-48-52(42)47-31-38-21-10-11-22-39(38)33-49(47)59(48)41-28-29-44(45(34-41)40-27-30-51-46(32-40)43-23-12-13-26-50(43)60-51)55-57-53(36-17-6-2-7-18-36)56-54(58-55)37-19-8-3-9-20-37/h1-34H. The Morgan fingerprint density at radius 1 is 0.333 bits per heavy atom. The number of furan rings is 1. The van der Waals surface area contributed by atoms with Crippen LogP contribution in [0.15, 0.2) is 211 Å². The van der Waals surface area contributed by atoms with Crippen LogP contribution in [-0.2, 0) is 0 Å². The number of nitrogens with zero attached hydrogens (tertiary/aromatic N) is 4. The molecule has 0 fully saturated rings. The van der Waals surface area contributed by atoms with Crippen molar-refractivity contribution in [3.05, 3.63) is 206 Å². The Labute approximate surface area is 345 Å². The summed E-state index contributed by atoms with van der Waals surface area (Å²) < 4.78 is 8.73. The minimum absolute atomic E-state index is 0.598. The van der Waals surface area contributed by atoms with E-state index >= 15 is 0 Å². The molecule has 0 aliphatic carbocycles. The Morgan fingerprint density at radius 3 is 1.68 bits per heavy atom. The van der Waals surface area contributed by atoms with Crippen molar-refractivity contribution in [1.82, 2.24) is 19.5 Å². The zero-order valence-corrected chi connectivity index (χ0v) is 32.3. The maximum Gasteiger partial charge on any atom is 0.164 e. The quantitative estimate of drug-likeness (QED) is 0.169. The van der Waals surface area contributed by atoms with Gasteiger partial charge in [0.2, 0.25) is 0 Å². The molecule has 60 heavy (non-hydrogen) atoms. The normalized spacial score (nSPS) is 11.7. The Hall–Kier alpha value is -8.15. The number of para-hydroxylation sites is 1. The van der Waals surface area contributed by atoms with E-state index in [1.807, 2.05) is 72.8 Å². The van der Waals surface area contributed by atoms with Gasteiger partial charge in [0.05, 0.1) is 11.0 Å². The Bertz CT molecular complexity index is 3530. The monoisotopic (exact) mass is 766 g/mol. The predicted molar refractivity (Wildman–Crippen MR) is 246 cm³/mol. The maximum absolute atomic E-state index is 6.31. The molecule has 280 valence electrons. The van der Waals surface area contributed by atoms with Gasteiger partial charge in [-0.3, -0.25) is 0 Å². The highest BCUT2D eigenvalue weighted by Gasteiger charge is 2.21. The molecule has 12 aromatic rings. The summed E-state index contributed by atoms with van der Waals surface area (Å²) in [5.74, 6) is 1.84. The van der Waals surface area contributed by atoms with Crippen LogP contribution >= 0.6 is 0 Å². The summed E-state index contributed by atoms with van der Waals surface area (Å²) in [6.45, 7) is 0. The molecule has 0 spiro atoms. The lowest BCUT2D eigenvalue weighted by atomic mass is 9.96. The lowest BCUT2D eigenvalue weighted by Crippen LogP contribution is -2.02. The van der Waals surface area contributed by atoms with E-state index in [4.69, 9.17) is 19.4 Å². The van der Waals surface area contributed by atoms with Crippen LogP contribution in [-0.4, -0.2) is 19.5 Å². The van der Waals surface area contributed by atoms with Crippen molar-refractivity contribution in [3.8, 4) is 62.1 Å². The van der Waals surface area contributed by atoms with E-state index in [-0.39, 0.29) is 0 Å². The number of hydrogen-bond donors (Lipinski definition) is 0. The lowest BCUT2D eigenvalue weighted by Gasteiger charge is -2.16. The number of benzene rings is 9. The van der Waals surface area contributed by atoms with Crippen LogP contribution in [0.25, 0.3) is 117 Å². The summed E-state index contributed by atoms with van der Waals surface area (Å²) in [6.07, 6.45) is 0. The second-order valence-corrected chi connectivity index (χ2v) is 15.2. The van der Waals surface area contributed by atoms with Crippen molar-refractivity contribution in [1.29, 1.82) is 0 Å². The van der Waals surface area contributed by atoms with Gasteiger partial charge in [-0.05, 0) is 87.6 Å². The van der Waals surface area contributed by atoms with E-state index < -0.39 is 0 Å². The number of fused-ring (bicyclic) bond motifs is 7. The smallest absolute Gasteiger partial charge is 0.164 e. The van der Waals surface area contributed by atoms with Gasteiger partial charge in [0, 0.05) is 43.9 Å². The molecule has 0 saturated carbocycles. The first-order valence-corrected chi connectivity index (χ1v) is 20.2. The van der Waals surface area contributed by atoms with Crippen molar-refractivity contribution >= 4 is 54.5 Å². The van der Waals surface area contributed by atoms with Gasteiger partial charge < -0.3 is 8.98 Å². The van der Waals surface area contributed by atoms with Crippen LogP contribution in [0.5, 0.6) is 0 Å². The highest BCUT2D eigenvalue weighted by molar-refractivity contribution is 6.18. The van der Waals surface area contributed by atoms with E-state index in [0.29, 0.717) is 17.5 Å². The molecule has 0 atom stereocenters. The molecule has 0 amide bonds. The Kier molecular flexibility index (Phi) is 7.78. The summed E-state index contributed by atoms with van der Waals surface area (Å²) in [6, 6.07) is 72.3. The minimum Gasteiger partial charge on any atom is -0.456 e. The predicted octanol–water partition coefficient (Wildman–Crippen LogP) is 14.4. The molecular formula is C55H34N4O. The van der Waals surface area contributed by atoms with Gasteiger partial charge in [-0.25, -0.2) is 15.0 Å². The van der Waals surface area contributed by atoms with Crippen molar-refractivity contribution in [2.45, 2.75) is 0 Å². The van der Waals surface area contributed by atoms with Gasteiger partial charge in [-0.2, -0.15) is 0 Å². The molecule has 9 aromatic carbocycles.